The molecule has 0 fully saturated rings. The highest BCUT2D eigenvalue weighted by molar-refractivity contribution is 7.83. The highest BCUT2D eigenvalue weighted by atomic mass is 32.2. The van der Waals surface area contributed by atoms with Crippen LogP contribution in [0.15, 0.2) is 48.5 Å². The number of halogens is 1. The molecule has 0 amide bonds. The van der Waals surface area contributed by atoms with E-state index in [1.807, 2.05) is 30.3 Å². The van der Waals surface area contributed by atoms with Gasteiger partial charge in [-0.05, 0) is 28.8 Å². The minimum atomic E-state index is -1.06. The second-order valence-corrected chi connectivity index (χ2v) is 5.79. The van der Waals surface area contributed by atoms with Crippen LogP contribution in [0.2, 0.25) is 0 Å². The van der Waals surface area contributed by atoms with Gasteiger partial charge in [0.1, 0.15) is 5.82 Å². The second kappa shape index (κ2) is 6.59. The maximum atomic E-state index is 13.2. The number of nitrogens with two attached hydrogens (primary N) is 1. The van der Waals surface area contributed by atoms with Crippen LogP contribution in [0.5, 0.6) is 0 Å². The third-order valence-corrected chi connectivity index (χ3v) is 4.16. The van der Waals surface area contributed by atoms with Crippen molar-refractivity contribution in [2.75, 3.05) is 0 Å². The summed E-state index contributed by atoms with van der Waals surface area (Å²) in [6.07, 6.45) is 0. The first-order valence-corrected chi connectivity index (χ1v) is 7.54. The molecule has 0 heterocycles. The van der Waals surface area contributed by atoms with E-state index in [0.29, 0.717) is 18.1 Å². The standard InChI is InChI=1S/C15H16FNOS/c16-15-7-6-13(9-17)14(8-15)11-19(18)10-12-4-2-1-3-5-12/h1-8H,9-11,17H2. The monoisotopic (exact) mass is 277 g/mol. The average Bonchev–Trinajstić information content (AvgIpc) is 2.40. The number of hydrogen-bond acceptors (Lipinski definition) is 2. The zero-order chi connectivity index (χ0) is 13.7. The summed E-state index contributed by atoms with van der Waals surface area (Å²) < 4.78 is 25.3. The Kier molecular flexibility index (Phi) is 4.82. The lowest BCUT2D eigenvalue weighted by Crippen LogP contribution is -2.06. The van der Waals surface area contributed by atoms with Crippen LogP contribution < -0.4 is 5.73 Å². The molecular formula is C15H16FNOS. The van der Waals surface area contributed by atoms with Crippen LogP contribution >= 0.6 is 0 Å². The molecule has 2 aromatic carbocycles. The molecule has 0 aliphatic heterocycles. The molecule has 0 radical (unpaired) electrons. The van der Waals surface area contributed by atoms with Crippen LogP contribution in [-0.2, 0) is 28.9 Å². The summed E-state index contributed by atoms with van der Waals surface area (Å²) in [5.74, 6) is 0.490. The van der Waals surface area contributed by atoms with Crippen LogP contribution in [0, 0.1) is 5.82 Å². The lowest BCUT2D eigenvalue weighted by Gasteiger charge is -2.08. The molecule has 1 atom stereocenters. The van der Waals surface area contributed by atoms with Crippen molar-refractivity contribution in [1.29, 1.82) is 0 Å². The Labute approximate surface area is 114 Å². The molecule has 4 heteroatoms. The van der Waals surface area contributed by atoms with Crippen molar-refractivity contribution in [3.8, 4) is 0 Å². The quantitative estimate of drug-likeness (QED) is 0.913. The fourth-order valence-electron chi connectivity index (χ4n) is 1.91. The Morgan fingerprint density at radius 2 is 1.74 bits per heavy atom. The van der Waals surface area contributed by atoms with Gasteiger partial charge < -0.3 is 5.73 Å². The lowest BCUT2D eigenvalue weighted by atomic mass is 10.1. The topological polar surface area (TPSA) is 43.1 Å². The van der Waals surface area contributed by atoms with Gasteiger partial charge in [0.25, 0.3) is 0 Å². The molecule has 0 bridgehead atoms. The second-order valence-electron chi connectivity index (χ2n) is 4.33. The van der Waals surface area contributed by atoms with Crippen LogP contribution in [0.4, 0.5) is 4.39 Å². The van der Waals surface area contributed by atoms with Crippen molar-refractivity contribution in [2.24, 2.45) is 5.73 Å². The van der Waals surface area contributed by atoms with Crippen molar-refractivity contribution in [3.63, 3.8) is 0 Å². The van der Waals surface area contributed by atoms with E-state index in [1.165, 1.54) is 12.1 Å². The highest BCUT2D eigenvalue weighted by Crippen LogP contribution is 2.15. The van der Waals surface area contributed by atoms with Crippen LogP contribution in [0.3, 0.4) is 0 Å². The van der Waals surface area contributed by atoms with Crippen molar-refractivity contribution in [2.45, 2.75) is 18.1 Å². The van der Waals surface area contributed by atoms with Gasteiger partial charge in [-0.25, -0.2) is 4.39 Å². The maximum absolute atomic E-state index is 13.2. The Morgan fingerprint density at radius 1 is 1.00 bits per heavy atom. The molecule has 2 rings (SSSR count). The average molecular weight is 277 g/mol. The normalized spacial score (nSPS) is 12.3. The number of rotatable bonds is 5. The van der Waals surface area contributed by atoms with E-state index in [1.54, 1.807) is 6.07 Å². The molecule has 0 aliphatic carbocycles. The van der Waals surface area contributed by atoms with Gasteiger partial charge in [0.2, 0.25) is 0 Å². The van der Waals surface area contributed by atoms with Gasteiger partial charge in [0, 0.05) is 28.9 Å². The molecule has 0 saturated heterocycles. The molecule has 0 saturated carbocycles. The number of hydrogen-bond donors (Lipinski definition) is 1. The van der Waals surface area contributed by atoms with Gasteiger partial charge in [-0.1, -0.05) is 36.4 Å². The zero-order valence-corrected chi connectivity index (χ0v) is 11.3. The molecule has 0 aromatic heterocycles. The van der Waals surface area contributed by atoms with Gasteiger partial charge in [-0.15, -0.1) is 0 Å². The summed E-state index contributed by atoms with van der Waals surface area (Å²) in [5, 5.41) is 0. The van der Waals surface area contributed by atoms with Crippen molar-refractivity contribution >= 4 is 10.8 Å². The Bertz CT molecular complexity index is 572. The molecule has 19 heavy (non-hydrogen) atoms. The Balaban J connectivity index is 2.09. The molecule has 0 spiro atoms. The Morgan fingerprint density at radius 3 is 2.42 bits per heavy atom. The molecule has 2 N–H and O–H groups in total. The number of benzene rings is 2. The molecule has 100 valence electrons. The molecule has 2 aromatic rings. The molecular weight excluding hydrogens is 261 g/mol. The third kappa shape index (κ3) is 3.98. The summed E-state index contributed by atoms with van der Waals surface area (Å²) >= 11 is 0. The SMILES string of the molecule is NCc1ccc(F)cc1CS(=O)Cc1ccccc1. The smallest absolute Gasteiger partial charge is 0.123 e. The minimum absolute atomic E-state index is 0.316. The minimum Gasteiger partial charge on any atom is -0.326 e. The van der Waals surface area contributed by atoms with Gasteiger partial charge >= 0.3 is 0 Å². The van der Waals surface area contributed by atoms with E-state index < -0.39 is 10.8 Å². The summed E-state index contributed by atoms with van der Waals surface area (Å²) in [6, 6.07) is 14.1. The van der Waals surface area contributed by atoms with E-state index >= 15 is 0 Å². The van der Waals surface area contributed by atoms with Gasteiger partial charge in [-0.2, -0.15) is 0 Å². The summed E-state index contributed by atoms with van der Waals surface area (Å²) in [6.45, 7) is 0.331. The van der Waals surface area contributed by atoms with Crippen molar-refractivity contribution in [3.05, 3.63) is 71.0 Å². The fourth-order valence-corrected chi connectivity index (χ4v) is 3.19. The third-order valence-electron chi connectivity index (χ3n) is 2.88. The lowest BCUT2D eigenvalue weighted by molar-refractivity contribution is 0.625. The van der Waals surface area contributed by atoms with Crippen LogP contribution in [0.1, 0.15) is 16.7 Å². The van der Waals surface area contributed by atoms with Gasteiger partial charge in [0.15, 0.2) is 0 Å². The summed E-state index contributed by atoms with van der Waals surface area (Å²) in [7, 11) is -1.06. The zero-order valence-electron chi connectivity index (χ0n) is 10.5. The first-order valence-electron chi connectivity index (χ1n) is 6.05. The predicted molar refractivity (Wildman–Crippen MR) is 76.3 cm³/mol. The summed E-state index contributed by atoms with van der Waals surface area (Å²) in [5.41, 5.74) is 8.21. The Hall–Kier alpha value is -1.52. The first-order chi connectivity index (χ1) is 9.19. The van der Waals surface area contributed by atoms with Crippen molar-refractivity contribution in [1.82, 2.24) is 0 Å². The van der Waals surface area contributed by atoms with E-state index in [2.05, 4.69) is 0 Å². The molecule has 0 aliphatic rings. The molecule has 1 unspecified atom stereocenters. The maximum Gasteiger partial charge on any atom is 0.123 e. The van der Waals surface area contributed by atoms with E-state index in [0.717, 1.165) is 16.7 Å². The first kappa shape index (κ1) is 13.9. The van der Waals surface area contributed by atoms with E-state index in [4.69, 9.17) is 5.73 Å². The largest absolute Gasteiger partial charge is 0.326 e. The fraction of sp³-hybridized carbons (Fsp3) is 0.200. The summed E-state index contributed by atoms with van der Waals surface area (Å²) in [4.78, 5) is 0. The van der Waals surface area contributed by atoms with E-state index in [9.17, 15) is 8.60 Å². The van der Waals surface area contributed by atoms with Gasteiger partial charge in [0.05, 0.1) is 0 Å². The van der Waals surface area contributed by atoms with Crippen molar-refractivity contribution < 1.29 is 8.60 Å². The van der Waals surface area contributed by atoms with Crippen LogP contribution in [0.25, 0.3) is 0 Å². The highest BCUT2D eigenvalue weighted by Gasteiger charge is 2.08. The molecule has 2 nitrogen and oxygen atoms in total. The van der Waals surface area contributed by atoms with E-state index in [-0.39, 0.29) is 5.82 Å². The van der Waals surface area contributed by atoms with Crippen LogP contribution in [-0.4, -0.2) is 4.21 Å². The predicted octanol–water partition coefficient (Wildman–Crippen LogP) is 2.73. The van der Waals surface area contributed by atoms with Gasteiger partial charge in [-0.3, -0.25) is 4.21 Å².